The van der Waals surface area contributed by atoms with Gasteiger partial charge in [0.2, 0.25) is 0 Å². The number of ether oxygens (including phenoxy) is 3. The van der Waals surface area contributed by atoms with Gasteiger partial charge in [0, 0.05) is 34.4 Å². The molecule has 3 aromatic rings. The van der Waals surface area contributed by atoms with Crippen LogP contribution in [0.15, 0.2) is 66.9 Å². The van der Waals surface area contributed by atoms with Gasteiger partial charge in [0.05, 0.1) is 12.2 Å². The van der Waals surface area contributed by atoms with Crippen molar-refractivity contribution in [3.63, 3.8) is 0 Å². The first-order valence-electron chi connectivity index (χ1n) is 12.6. The lowest BCUT2D eigenvalue weighted by atomic mass is 9.77. The normalized spacial score (nSPS) is 13.9. The number of fused-ring (bicyclic) bond motifs is 6. The van der Waals surface area contributed by atoms with Crippen LogP contribution in [0.1, 0.15) is 70.0 Å². The number of phenolic OH excluding ortho intramolecular Hbond substituents is 2. The quantitative estimate of drug-likeness (QED) is 0.210. The van der Waals surface area contributed by atoms with Gasteiger partial charge in [0.1, 0.15) is 28.7 Å². The van der Waals surface area contributed by atoms with Gasteiger partial charge in [-0.15, -0.1) is 0 Å². The molecule has 39 heavy (non-hydrogen) atoms. The molecule has 0 atom stereocenters. The molecule has 0 saturated carbocycles. The summed E-state index contributed by atoms with van der Waals surface area (Å²) in [5.41, 5.74) is 0.0150. The molecule has 2 aliphatic heterocycles. The average Bonchev–Trinajstić information content (AvgIpc) is 3.20. The van der Waals surface area contributed by atoms with Crippen molar-refractivity contribution < 1.29 is 38.8 Å². The second-order valence-electron chi connectivity index (χ2n) is 9.42. The minimum absolute atomic E-state index is 0.0521. The van der Waals surface area contributed by atoms with Gasteiger partial charge in [-0.05, 0) is 42.8 Å². The fourth-order valence-corrected chi connectivity index (χ4v) is 4.89. The topological polar surface area (TPSA) is 131 Å². The molecule has 1 amide bonds. The maximum absolute atomic E-state index is 13.2. The van der Waals surface area contributed by atoms with Crippen molar-refractivity contribution in [2.45, 2.75) is 38.2 Å². The number of phenols is 2. The van der Waals surface area contributed by atoms with E-state index >= 15 is 0 Å². The Bertz CT molecular complexity index is 1460. The molecule has 0 saturated heterocycles. The first kappa shape index (κ1) is 25.8. The first-order valence-corrected chi connectivity index (χ1v) is 12.6. The Labute approximate surface area is 224 Å². The van der Waals surface area contributed by atoms with Crippen LogP contribution in [0.2, 0.25) is 0 Å². The molecule has 2 heterocycles. The molecule has 3 N–H and O–H groups in total. The van der Waals surface area contributed by atoms with E-state index in [1.807, 2.05) is 0 Å². The van der Waals surface area contributed by atoms with Gasteiger partial charge in [-0.1, -0.05) is 38.8 Å². The summed E-state index contributed by atoms with van der Waals surface area (Å²) >= 11 is 0. The summed E-state index contributed by atoms with van der Waals surface area (Å²) in [5, 5.41) is 22.5. The molecule has 2 aliphatic rings. The Morgan fingerprint density at radius 3 is 2.21 bits per heavy atom. The van der Waals surface area contributed by atoms with E-state index in [4.69, 9.17) is 14.2 Å². The number of esters is 2. The number of nitrogens with one attached hydrogen (secondary N) is 1. The van der Waals surface area contributed by atoms with Gasteiger partial charge in [-0.3, -0.25) is 4.79 Å². The van der Waals surface area contributed by atoms with Gasteiger partial charge in [0.15, 0.2) is 5.60 Å². The van der Waals surface area contributed by atoms with Crippen molar-refractivity contribution >= 4 is 17.8 Å². The molecule has 0 aromatic heterocycles. The van der Waals surface area contributed by atoms with Crippen LogP contribution in [0, 0.1) is 0 Å². The fourth-order valence-electron chi connectivity index (χ4n) is 4.89. The predicted octanol–water partition coefficient (Wildman–Crippen LogP) is 5.03. The highest BCUT2D eigenvalue weighted by molar-refractivity contribution is 6.04. The maximum atomic E-state index is 13.2. The first-order chi connectivity index (χ1) is 18.7. The molecular formula is C30H27NO8. The van der Waals surface area contributed by atoms with Crippen molar-refractivity contribution in [3.8, 4) is 23.0 Å². The molecule has 0 radical (unpaired) electrons. The largest absolute Gasteiger partial charge is 0.508 e. The monoisotopic (exact) mass is 529 g/mol. The molecule has 0 bridgehead atoms. The minimum atomic E-state index is -1.43. The predicted molar refractivity (Wildman–Crippen MR) is 140 cm³/mol. The zero-order valence-corrected chi connectivity index (χ0v) is 21.3. The van der Waals surface area contributed by atoms with Gasteiger partial charge in [-0.2, -0.15) is 0 Å². The van der Waals surface area contributed by atoms with E-state index < -0.39 is 23.4 Å². The van der Waals surface area contributed by atoms with Crippen molar-refractivity contribution in [1.82, 2.24) is 5.32 Å². The van der Waals surface area contributed by atoms with E-state index in [2.05, 4.69) is 18.8 Å². The van der Waals surface area contributed by atoms with Crippen LogP contribution in [0.25, 0.3) is 0 Å². The van der Waals surface area contributed by atoms with E-state index in [0.29, 0.717) is 16.7 Å². The van der Waals surface area contributed by atoms with Crippen LogP contribution >= 0.6 is 0 Å². The molecule has 3 aromatic carbocycles. The number of aromatic hydroxyl groups is 2. The SMILES string of the molecule is C=C(NC(=O)c1ccc2c(c1)C(=O)OC21c2ccc(O)cc2Oc2cc(O)ccc21)C(=O)OCCCCCC. The lowest BCUT2D eigenvalue weighted by Gasteiger charge is -2.36. The van der Waals surface area contributed by atoms with Gasteiger partial charge in [0.25, 0.3) is 5.91 Å². The molecule has 1 spiro atoms. The van der Waals surface area contributed by atoms with Crippen LogP contribution in [0.3, 0.4) is 0 Å². The van der Waals surface area contributed by atoms with Crippen molar-refractivity contribution in [1.29, 1.82) is 0 Å². The Morgan fingerprint density at radius 1 is 0.923 bits per heavy atom. The third-order valence-electron chi connectivity index (χ3n) is 6.78. The second-order valence-corrected chi connectivity index (χ2v) is 9.42. The molecule has 9 heteroatoms. The number of unbranched alkanes of at least 4 members (excludes halogenated alkanes) is 3. The van der Waals surface area contributed by atoms with E-state index in [0.717, 1.165) is 25.7 Å². The Morgan fingerprint density at radius 2 is 1.56 bits per heavy atom. The lowest BCUT2D eigenvalue weighted by molar-refractivity contribution is -0.139. The highest BCUT2D eigenvalue weighted by Crippen LogP contribution is 2.57. The number of carbonyl (C=O) groups excluding carboxylic acids is 3. The summed E-state index contributed by atoms with van der Waals surface area (Å²) < 4.78 is 17.1. The number of benzene rings is 3. The smallest absolute Gasteiger partial charge is 0.354 e. The number of hydrogen-bond donors (Lipinski definition) is 3. The highest BCUT2D eigenvalue weighted by Gasteiger charge is 2.53. The number of hydrogen-bond acceptors (Lipinski definition) is 8. The summed E-state index contributed by atoms with van der Waals surface area (Å²) in [6.07, 6.45) is 3.78. The van der Waals surface area contributed by atoms with Gasteiger partial charge >= 0.3 is 11.9 Å². The van der Waals surface area contributed by atoms with Crippen LogP contribution in [0.5, 0.6) is 23.0 Å². The van der Waals surface area contributed by atoms with Gasteiger partial charge in [-0.25, -0.2) is 9.59 Å². The summed E-state index contributed by atoms with van der Waals surface area (Å²) in [6.45, 7) is 5.93. The van der Waals surface area contributed by atoms with Crippen molar-refractivity contribution in [3.05, 3.63) is 94.7 Å². The summed E-state index contributed by atoms with van der Waals surface area (Å²) in [4.78, 5) is 38.3. The van der Waals surface area contributed by atoms with Crippen LogP contribution in [0.4, 0.5) is 0 Å². The lowest BCUT2D eigenvalue weighted by Crippen LogP contribution is -2.33. The van der Waals surface area contributed by atoms with E-state index in [9.17, 15) is 24.6 Å². The number of rotatable bonds is 8. The molecule has 0 aliphatic carbocycles. The Balaban J connectivity index is 1.44. The standard InChI is InChI=1S/C30H27NO8/c1-3-4-5-6-13-37-28(35)17(2)31-27(34)18-7-10-22-21(14-18)29(36)39-30(22)23-11-8-19(32)15-25(23)38-26-16-20(33)9-12-24(26)30/h7-12,14-16,32-33H,2-6,13H2,1H3,(H,31,34). The molecular weight excluding hydrogens is 502 g/mol. The Hall–Kier alpha value is -4.79. The third kappa shape index (κ3) is 4.56. The van der Waals surface area contributed by atoms with E-state index in [1.54, 1.807) is 18.2 Å². The van der Waals surface area contributed by atoms with E-state index in [1.165, 1.54) is 36.4 Å². The Kier molecular flexibility index (Phi) is 6.74. The minimum Gasteiger partial charge on any atom is -0.508 e. The molecule has 0 unspecified atom stereocenters. The zero-order chi connectivity index (χ0) is 27.7. The molecule has 5 rings (SSSR count). The summed E-state index contributed by atoms with van der Waals surface area (Å²) in [6, 6.07) is 13.4. The van der Waals surface area contributed by atoms with Crippen LogP contribution in [-0.2, 0) is 19.9 Å². The number of carbonyl (C=O) groups is 3. The van der Waals surface area contributed by atoms with E-state index in [-0.39, 0.29) is 46.4 Å². The van der Waals surface area contributed by atoms with Crippen molar-refractivity contribution in [2.24, 2.45) is 0 Å². The van der Waals surface area contributed by atoms with Crippen molar-refractivity contribution in [2.75, 3.05) is 6.61 Å². The maximum Gasteiger partial charge on any atom is 0.354 e. The molecule has 0 fully saturated rings. The molecule has 9 nitrogen and oxygen atoms in total. The zero-order valence-electron chi connectivity index (χ0n) is 21.3. The average molecular weight is 530 g/mol. The number of amides is 1. The van der Waals surface area contributed by atoms with Gasteiger partial charge < -0.3 is 29.7 Å². The fraction of sp³-hybridized carbons (Fsp3) is 0.233. The second kappa shape index (κ2) is 10.2. The molecule has 200 valence electrons. The third-order valence-corrected chi connectivity index (χ3v) is 6.78. The highest BCUT2D eigenvalue weighted by atomic mass is 16.6. The summed E-state index contributed by atoms with van der Waals surface area (Å²) in [5.74, 6) is -1.64. The summed E-state index contributed by atoms with van der Waals surface area (Å²) in [7, 11) is 0. The van der Waals surface area contributed by atoms with Crippen LogP contribution < -0.4 is 10.1 Å². The van der Waals surface area contributed by atoms with Crippen LogP contribution in [-0.4, -0.2) is 34.7 Å².